The van der Waals surface area contributed by atoms with Crippen LogP contribution in [0, 0.1) is 6.92 Å². The summed E-state index contributed by atoms with van der Waals surface area (Å²) in [5, 5.41) is 15.9. The number of hydrogen-bond acceptors (Lipinski definition) is 6. The van der Waals surface area contributed by atoms with Crippen LogP contribution in [0.25, 0.3) is 28.3 Å². The molecule has 1 saturated heterocycles. The molecule has 1 aliphatic rings. The number of fused-ring (bicyclic) bond motifs is 1. The van der Waals surface area contributed by atoms with Gasteiger partial charge in [-0.15, -0.1) is 5.10 Å². The molecule has 0 bridgehead atoms. The first-order valence-electron chi connectivity index (χ1n) is 9.61. The first-order chi connectivity index (χ1) is 14.5. The molecule has 4 aromatic rings. The van der Waals surface area contributed by atoms with E-state index in [-0.39, 0.29) is 6.04 Å². The molecule has 4 aromatic heterocycles. The molecule has 5 heterocycles. The second-order valence-corrected chi connectivity index (χ2v) is 7.24. The van der Waals surface area contributed by atoms with Crippen LogP contribution in [-0.4, -0.2) is 60.4 Å². The molecule has 1 aliphatic heterocycles. The van der Waals surface area contributed by atoms with Crippen molar-refractivity contribution in [1.82, 2.24) is 34.6 Å². The third-order valence-corrected chi connectivity index (χ3v) is 5.25. The fourth-order valence-corrected chi connectivity index (χ4v) is 3.80. The fraction of sp³-hybridized carbons (Fsp3) is 0.368. The highest BCUT2D eigenvalue weighted by Crippen LogP contribution is 2.33. The molecule has 5 rings (SSSR count). The molecular formula is C19H20F2N8O. The second kappa shape index (κ2) is 7.17. The zero-order chi connectivity index (χ0) is 20.8. The van der Waals surface area contributed by atoms with Gasteiger partial charge in [0.15, 0.2) is 11.6 Å². The van der Waals surface area contributed by atoms with E-state index in [0.29, 0.717) is 58.6 Å². The number of aromatic nitrogens is 7. The molecule has 1 fully saturated rings. The van der Waals surface area contributed by atoms with E-state index in [0.717, 1.165) is 5.69 Å². The summed E-state index contributed by atoms with van der Waals surface area (Å²) >= 11 is 0. The molecule has 0 spiro atoms. The second-order valence-electron chi connectivity index (χ2n) is 7.24. The molecule has 0 unspecified atom stereocenters. The van der Waals surface area contributed by atoms with Crippen molar-refractivity contribution in [3.63, 3.8) is 0 Å². The topological polar surface area (TPSA) is 89.2 Å². The predicted molar refractivity (Wildman–Crippen MR) is 105 cm³/mol. The van der Waals surface area contributed by atoms with E-state index >= 15 is 0 Å². The summed E-state index contributed by atoms with van der Waals surface area (Å²) in [6.07, 6.45) is 2.92. The highest BCUT2D eigenvalue weighted by molar-refractivity contribution is 5.83. The number of imidazole rings is 1. The maximum atomic E-state index is 13.1. The Balaban J connectivity index is 1.76. The lowest BCUT2D eigenvalue weighted by Gasteiger charge is -2.34. The molecule has 0 radical (unpaired) electrons. The van der Waals surface area contributed by atoms with Crippen LogP contribution >= 0.6 is 0 Å². The molecule has 156 valence electrons. The molecule has 11 heteroatoms. The Morgan fingerprint density at radius 3 is 2.83 bits per heavy atom. The summed E-state index contributed by atoms with van der Waals surface area (Å²) in [7, 11) is 0. The minimum Gasteiger partial charge on any atom is -0.377 e. The third kappa shape index (κ3) is 3.02. The molecule has 1 N–H and O–H groups in total. The van der Waals surface area contributed by atoms with Crippen LogP contribution in [0.1, 0.15) is 19.2 Å². The van der Waals surface area contributed by atoms with E-state index in [4.69, 9.17) is 9.84 Å². The van der Waals surface area contributed by atoms with Crippen molar-refractivity contribution in [2.45, 2.75) is 26.4 Å². The van der Waals surface area contributed by atoms with Crippen LogP contribution < -0.4 is 4.90 Å². The van der Waals surface area contributed by atoms with Gasteiger partial charge in [0.2, 0.25) is 0 Å². The Hall–Kier alpha value is -3.34. The zero-order valence-electron chi connectivity index (χ0n) is 16.5. The van der Waals surface area contributed by atoms with Crippen molar-refractivity contribution < 1.29 is 13.5 Å². The molecular weight excluding hydrogens is 394 g/mol. The maximum Gasteiger partial charge on any atom is 0.333 e. The fourth-order valence-electron chi connectivity index (χ4n) is 3.80. The van der Waals surface area contributed by atoms with Crippen molar-refractivity contribution in [3.05, 3.63) is 36.3 Å². The summed E-state index contributed by atoms with van der Waals surface area (Å²) in [6.45, 7) is 3.08. The van der Waals surface area contributed by atoms with Gasteiger partial charge in [0, 0.05) is 24.5 Å². The molecule has 0 aliphatic carbocycles. The lowest BCUT2D eigenvalue weighted by molar-refractivity contribution is 0.0568. The Morgan fingerprint density at radius 1 is 1.27 bits per heavy atom. The van der Waals surface area contributed by atoms with E-state index in [1.54, 1.807) is 16.8 Å². The Labute approximate surface area is 170 Å². The number of rotatable bonds is 4. The van der Waals surface area contributed by atoms with Gasteiger partial charge in [0.05, 0.1) is 36.2 Å². The van der Waals surface area contributed by atoms with Crippen molar-refractivity contribution in [1.29, 1.82) is 0 Å². The number of nitrogens with one attached hydrogen (secondary N) is 1. The molecule has 0 amide bonds. The first-order valence-corrected chi connectivity index (χ1v) is 9.61. The summed E-state index contributed by atoms with van der Waals surface area (Å²) in [5.74, 6) is 1.30. The van der Waals surface area contributed by atoms with E-state index in [9.17, 15) is 8.78 Å². The van der Waals surface area contributed by atoms with Gasteiger partial charge in [0.1, 0.15) is 5.69 Å². The van der Waals surface area contributed by atoms with E-state index < -0.39 is 6.55 Å². The number of halogens is 2. The molecule has 1 atom stereocenters. The van der Waals surface area contributed by atoms with Crippen LogP contribution in [0.2, 0.25) is 0 Å². The highest BCUT2D eigenvalue weighted by Gasteiger charge is 2.25. The smallest absolute Gasteiger partial charge is 0.333 e. The van der Waals surface area contributed by atoms with Gasteiger partial charge in [-0.05, 0) is 32.0 Å². The number of morpholine rings is 1. The van der Waals surface area contributed by atoms with E-state index in [1.807, 2.05) is 19.1 Å². The third-order valence-electron chi connectivity index (χ3n) is 5.25. The van der Waals surface area contributed by atoms with Crippen molar-refractivity contribution in [2.24, 2.45) is 0 Å². The largest absolute Gasteiger partial charge is 0.377 e. The number of alkyl halides is 2. The average Bonchev–Trinajstić information content (AvgIpc) is 3.48. The van der Waals surface area contributed by atoms with Crippen LogP contribution in [0.4, 0.5) is 14.6 Å². The first kappa shape index (κ1) is 18.7. The number of hydrogen-bond donors (Lipinski definition) is 1. The number of H-pyrrole nitrogens is 1. The van der Waals surface area contributed by atoms with Gasteiger partial charge in [-0.25, -0.2) is 14.2 Å². The van der Waals surface area contributed by atoms with E-state index in [1.165, 1.54) is 6.20 Å². The number of anilines is 1. The zero-order valence-corrected chi connectivity index (χ0v) is 16.5. The number of aromatic amines is 1. The van der Waals surface area contributed by atoms with Gasteiger partial charge in [-0.2, -0.15) is 19.0 Å². The van der Waals surface area contributed by atoms with Gasteiger partial charge >= 0.3 is 6.55 Å². The minimum atomic E-state index is -2.71. The molecule has 30 heavy (non-hydrogen) atoms. The van der Waals surface area contributed by atoms with Gasteiger partial charge in [-0.1, -0.05) is 0 Å². The molecule has 9 nitrogen and oxygen atoms in total. The molecule has 0 aromatic carbocycles. The summed E-state index contributed by atoms with van der Waals surface area (Å²) in [5.41, 5.74) is 3.26. The summed E-state index contributed by atoms with van der Waals surface area (Å²) in [6, 6.07) is 5.40. The van der Waals surface area contributed by atoms with Crippen LogP contribution in [0.3, 0.4) is 0 Å². The van der Waals surface area contributed by atoms with Crippen LogP contribution in [-0.2, 0) is 4.74 Å². The van der Waals surface area contributed by atoms with Gasteiger partial charge in [0.25, 0.3) is 0 Å². The van der Waals surface area contributed by atoms with Crippen LogP contribution in [0.5, 0.6) is 0 Å². The predicted octanol–water partition coefficient (Wildman–Crippen LogP) is 2.91. The summed E-state index contributed by atoms with van der Waals surface area (Å²) in [4.78, 5) is 6.81. The Kier molecular flexibility index (Phi) is 4.46. The lowest BCUT2D eigenvalue weighted by atomic mass is 10.1. The lowest BCUT2D eigenvalue weighted by Crippen LogP contribution is -2.44. The van der Waals surface area contributed by atoms with Gasteiger partial charge < -0.3 is 9.64 Å². The standard InChI is InChI=1S/C19H20F2N8O/c1-11-10-30-8-7-27(11)16-9-13(14-4-6-28(25-14)19(20)21)17-12(2)23-18(29(17)26-16)15-3-5-22-24-15/h3-6,9,11,19H,7-8,10H2,1-2H3,(H,22,24)/t11-/m1/s1. The quantitative estimate of drug-likeness (QED) is 0.552. The minimum absolute atomic E-state index is 0.121. The summed E-state index contributed by atoms with van der Waals surface area (Å²) < 4.78 is 34.2. The number of ether oxygens (including phenoxy) is 1. The maximum absolute atomic E-state index is 13.1. The average molecular weight is 414 g/mol. The van der Waals surface area contributed by atoms with Crippen LogP contribution in [0.15, 0.2) is 30.6 Å². The Bertz CT molecular complexity index is 1180. The normalized spacial score (nSPS) is 17.4. The van der Waals surface area contributed by atoms with Gasteiger partial charge in [-0.3, -0.25) is 5.10 Å². The monoisotopic (exact) mass is 414 g/mol. The Morgan fingerprint density at radius 2 is 2.13 bits per heavy atom. The number of nitrogens with zero attached hydrogens (tertiary/aromatic N) is 7. The molecule has 0 saturated carbocycles. The van der Waals surface area contributed by atoms with Crippen molar-refractivity contribution in [3.8, 4) is 22.8 Å². The highest BCUT2D eigenvalue weighted by atomic mass is 19.3. The van der Waals surface area contributed by atoms with Crippen molar-refractivity contribution >= 4 is 11.3 Å². The SMILES string of the molecule is Cc1nc(-c2ccn[nH]2)n2nc(N3CCOC[C@H]3C)cc(-c3ccn(C(F)F)n3)c12. The van der Waals surface area contributed by atoms with Crippen molar-refractivity contribution in [2.75, 3.05) is 24.7 Å². The number of aryl methyl sites for hydroxylation is 1. The van der Waals surface area contributed by atoms with E-state index in [2.05, 4.69) is 32.1 Å².